The van der Waals surface area contributed by atoms with Gasteiger partial charge in [-0.25, -0.2) is 0 Å². The first-order valence-corrected chi connectivity index (χ1v) is 7.85. The normalized spacial score (nSPS) is 11.9. The predicted octanol–water partition coefficient (Wildman–Crippen LogP) is 4.31. The summed E-state index contributed by atoms with van der Waals surface area (Å²) in [6.45, 7) is 13.3. The monoisotopic (exact) mass is 277 g/mol. The fraction of sp³-hybridized carbons (Fsp3) is 0.667. The second-order valence-corrected chi connectivity index (χ2v) is 6.22. The molecule has 0 aliphatic rings. The Kier molecular flexibility index (Phi) is 6.54. The van der Waals surface area contributed by atoms with Crippen molar-refractivity contribution in [2.45, 2.75) is 52.9 Å². The van der Waals surface area contributed by atoms with Crippen molar-refractivity contribution < 1.29 is 4.74 Å². The summed E-state index contributed by atoms with van der Waals surface area (Å²) < 4.78 is 5.61. The van der Waals surface area contributed by atoms with Crippen LogP contribution < -0.4 is 10.1 Å². The number of methoxy groups -OCH3 is 1. The number of benzene rings is 1. The summed E-state index contributed by atoms with van der Waals surface area (Å²) in [5.41, 5.74) is 2.81. The Hall–Kier alpha value is -1.02. The number of aryl methyl sites for hydroxylation is 1. The first-order chi connectivity index (χ1) is 9.49. The van der Waals surface area contributed by atoms with Gasteiger partial charge in [-0.15, -0.1) is 0 Å². The Labute approximate surface area is 124 Å². The third kappa shape index (κ3) is 3.99. The molecule has 114 valence electrons. The number of rotatable bonds is 8. The van der Waals surface area contributed by atoms with Crippen LogP contribution in [0.4, 0.5) is 0 Å². The molecule has 0 amide bonds. The highest BCUT2D eigenvalue weighted by atomic mass is 16.5. The standard InChI is InChI=1S/C18H31NO/c1-7-18(8-2,13-19-12-14(3)4)16-11-15(5)9-10-17(16)20-6/h9-11,14,19H,7-8,12-13H2,1-6H3. The van der Waals surface area contributed by atoms with Crippen molar-refractivity contribution >= 4 is 0 Å². The maximum absolute atomic E-state index is 5.61. The molecule has 2 heteroatoms. The Morgan fingerprint density at radius 3 is 2.35 bits per heavy atom. The van der Waals surface area contributed by atoms with E-state index in [1.54, 1.807) is 7.11 Å². The van der Waals surface area contributed by atoms with Crippen LogP contribution in [0.3, 0.4) is 0 Å². The molecule has 2 nitrogen and oxygen atoms in total. The lowest BCUT2D eigenvalue weighted by atomic mass is 9.74. The van der Waals surface area contributed by atoms with Crippen LogP contribution in [0, 0.1) is 12.8 Å². The van der Waals surface area contributed by atoms with Gasteiger partial charge in [-0.3, -0.25) is 0 Å². The van der Waals surface area contributed by atoms with Gasteiger partial charge in [-0.2, -0.15) is 0 Å². The SMILES string of the molecule is CCC(CC)(CNCC(C)C)c1cc(C)ccc1OC. The zero-order chi connectivity index (χ0) is 15.2. The second-order valence-electron chi connectivity index (χ2n) is 6.22. The van der Waals surface area contributed by atoms with E-state index in [4.69, 9.17) is 4.74 Å². The van der Waals surface area contributed by atoms with Crippen molar-refractivity contribution in [1.29, 1.82) is 0 Å². The maximum Gasteiger partial charge on any atom is 0.122 e. The maximum atomic E-state index is 5.61. The van der Waals surface area contributed by atoms with Gasteiger partial charge in [-0.1, -0.05) is 45.4 Å². The molecule has 0 radical (unpaired) electrons. The zero-order valence-corrected chi connectivity index (χ0v) is 14.0. The van der Waals surface area contributed by atoms with E-state index in [0.29, 0.717) is 5.92 Å². The summed E-state index contributed by atoms with van der Waals surface area (Å²) in [4.78, 5) is 0. The summed E-state index contributed by atoms with van der Waals surface area (Å²) in [7, 11) is 1.77. The Morgan fingerprint density at radius 2 is 1.85 bits per heavy atom. The molecule has 0 saturated heterocycles. The topological polar surface area (TPSA) is 21.3 Å². The van der Waals surface area contributed by atoms with Crippen molar-refractivity contribution in [2.24, 2.45) is 5.92 Å². The van der Waals surface area contributed by atoms with E-state index < -0.39 is 0 Å². The average molecular weight is 277 g/mol. The first kappa shape index (κ1) is 17.0. The van der Waals surface area contributed by atoms with Gasteiger partial charge in [0.1, 0.15) is 5.75 Å². The van der Waals surface area contributed by atoms with Crippen molar-refractivity contribution in [3.8, 4) is 5.75 Å². The van der Waals surface area contributed by atoms with Crippen LogP contribution in [0.1, 0.15) is 51.7 Å². The summed E-state index contributed by atoms with van der Waals surface area (Å²) in [5.74, 6) is 1.70. The van der Waals surface area contributed by atoms with Gasteiger partial charge in [0.25, 0.3) is 0 Å². The van der Waals surface area contributed by atoms with Gasteiger partial charge in [0.05, 0.1) is 7.11 Å². The Bertz CT molecular complexity index is 408. The van der Waals surface area contributed by atoms with Crippen LogP contribution in [-0.2, 0) is 5.41 Å². The van der Waals surface area contributed by atoms with Gasteiger partial charge in [-0.05, 0) is 38.3 Å². The fourth-order valence-corrected chi connectivity index (χ4v) is 2.81. The van der Waals surface area contributed by atoms with Crippen molar-refractivity contribution in [3.05, 3.63) is 29.3 Å². The summed E-state index contributed by atoms with van der Waals surface area (Å²) in [6, 6.07) is 6.52. The number of ether oxygens (including phenoxy) is 1. The zero-order valence-electron chi connectivity index (χ0n) is 14.0. The summed E-state index contributed by atoms with van der Waals surface area (Å²) in [6.07, 6.45) is 2.24. The molecule has 1 rings (SSSR count). The van der Waals surface area contributed by atoms with Crippen molar-refractivity contribution in [1.82, 2.24) is 5.32 Å². The van der Waals surface area contributed by atoms with Crippen LogP contribution in [-0.4, -0.2) is 20.2 Å². The van der Waals surface area contributed by atoms with E-state index in [-0.39, 0.29) is 5.41 Å². The van der Waals surface area contributed by atoms with Crippen LogP contribution in [0.25, 0.3) is 0 Å². The van der Waals surface area contributed by atoms with Crippen LogP contribution in [0.2, 0.25) is 0 Å². The molecule has 0 aromatic heterocycles. The lowest BCUT2D eigenvalue weighted by molar-refractivity contribution is 0.334. The van der Waals surface area contributed by atoms with E-state index in [9.17, 15) is 0 Å². The molecule has 1 aromatic rings. The molecular formula is C18H31NO. The lowest BCUT2D eigenvalue weighted by Crippen LogP contribution is -2.39. The molecular weight excluding hydrogens is 246 g/mol. The Morgan fingerprint density at radius 1 is 1.20 bits per heavy atom. The molecule has 20 heavy (non-hydrogen) atoms. The predicted molar refractivity (Wildman–Crippen MR) is 87.7 cm³/mol. The van der Waals surface area contributed by atoms with Crippen LogP contribution in [0.5, 0.6) is 5.75 Å². The van der Waals surface area contributed by atoms with Gasteiger partial charge >= 0.3 is 0 Å². The molecule has 0 atom stereocenters. The molecule has 1 N–H and O–H groups in total. The minimum absolute atomic E-state index is 0.159. The van der Waals surface area contributed by atoms with Gasteiger partial charge in [0.2, 0.25) is 0 Å². The minimum Gasteiger partial charge on any atom is -0.496 e. The first-order valence-electron chi connectivity index (χ1n) is 7.85. The highest BCUT2D eigenvalue weighted by Crippen LogP contribution is 2.37. The second kappa shape index (κ2) is 7.68. The third-order valence-corrected chi connectivity index (χ3v) is 4.30. The van der Waals surface area contributed by atoms with Gasteiger partial charge in [0, 0.05) is 17.5 Å². The van der Waals surface area contributed by atoms with Crippen LogP contribution in [0.15, 0.2) is 18.2 Å². The van der Waals surface area contributed by atoms with E-state index in [1.165, 1.54) is 11.1 Å². The highest BCUT2D eigenvalue weighted by molar-refractivity contribution is 5.42. The molecule has 0 bridgehead atoms. The molecule has 0 aliphatic heterocycles. The van der Waals surface area contributed by atoms with Gasteiger partial charge < -0.3 is 10.1 Å². The lowest BCUT2D eigenvalue weighted by Gasteiger charge is -2.34. The quantitative estimate of drug-likeness (QED) is 0.764. The van der Waals surface area contributed by atoms with E-state index >= 15 is 0 Å². The summed E-state index contributed by atoms with van der Waals surface area (Å²) in [5, 5.41) is 3.64. The largest absolute Gasteiger partial charge is 0.496 e. The minimum atomic E-state index is 0.159. The van der Waals surface area contributed by atoms with E-state index in [1.807, 2.05) is 0 Å². The number of nitrogens with one attached hydrogen (secondary N) is 1. The smallest absolute Gasteiger partial charge is 0.122 e. The third-order valence-electron chi connectivity index (χ3n) is 4.30. The molecule has 0 spiro atoms. The molecule has 0 fully saturated rings. The molecule has 0 saturated carbocycles. The summed E-state index contributed by atoms with van der Waals surface area (Å²) >= 11 is 0. The fourth-order valence-electron chi connectivity index (χ4n) is 2.81. The van der Waals surface area contributed by atoms with Crippen LogP contribution >= 0.6 is 0 Å². The van der Waals surface area contributed by atoms with E-state index in [0.717, 1.165) is 31.7 Å². The van der Waals surface area contributed by atoms with Crippen molar-refractivity contribution in [3.63, 3.8) is 0 Å². The van der Waals surface area contributed by atoms with Gasteiger partial charge in [0.15, 0.2) is 0 Å². The highest BCUT2D eigenvalue weighted by Gasteiger charge is 2.31. The van der Waals surface area contributed by atoms with E-state index in [2.05, 4.69) is 58.1 Å². The molecule has 1 aromatic carbocycles. The molecule has 0 heterocycles. The molecule has 0 aliphatic carbocycles. The average Bonchev–Trinajstić information content (AvgIpc) is 2.44. The molecule has 0 unspecified atom stereocenters. The van der Waals surface area contributed by atoms with Crippen molar-refractivity contribution in [2.75, 3.05) is 20.2 Å². The Balaban J connectivity index is 3.07. The number of hydrogen-bond donors (Lipinski definition) is 1. The number of hydrogen-bond acceptors (Lipinski definition) is 2.